The SMILES string of the molecule is CCc1ccc(C2(c3ccc(C)cc3)OC(=O)c3ccccc32)cc1. The van der Waals surface area contributed by atoms with Gasteiger partial charge in [0, 0.05) is 16.7 Å². The molecule has 3 aromatic carbocycles. The van der Waals surface area contributed by atoms with E-state index in [4.69, 9.17) is 4.74 Å². The maximum atomic E-state index is 12.6. The normalized spacial score (nSPS) is 18.7. The Morgan fingerprint density at radius 1 is 0.840 bits per heavy atom. The molecule has 0 amide bonds. The van der Waals surface area contributed by atoms with Gasteiger partial charge in [-0.1, -0.05) is 79.2 Å². The largest absolute Gasteiger partial charge is 0.441 e. The predicted molar refractivity (Wildman–Crippen MR) is 98.7 cm³/mol. The number of fused-ring (bicyclic) bond motifs is 1. The highest BCUT2D eigenvalue weighted by atomic mass is 16.6. The van der Waals surface area contributed by atoms with Gasteiger partial charge in [0.1, 0.15) is 0 Å². The highest BCUT2D eigenvalue weighted by Gasteiger charge is 2.48. The summed E-state index contributed by atoms with van der Waals surface area (Å²) in [6.07, 6.45) is 0.980. The van der Waals surface area contributed by atoms with E-state index in [0.717, 1.165) is 23.1 Å². The highest BCUT2D eigenvalue weighted by molar-refractivity contribution is 5.96. The number of ether oxygens (including phenoxy) is 1. The van der Waals surface area contributed by atoms with E-state index < -0.39 is 5.60 Å². The quantitative estimate of drug-likeness (QED) is 0.631. The van der Waals surface area contributed by atoms with Crippen molar-refractivity contribution in [2.75, 3.05) is 0 Å². The van der Waals surface area contributed by atoms with Gasteiger partial charge in [-0.2, -0.15) is 0 Å². The molecule has 1 heterocycles. The summed E-state index contributed by atoms with van der Waals surface area (Å²) in [5, 5.41) is 0. The first kappa shape index (κ1) is 15.6. The lowest BCUT2D eigenvalue weighted by Gasteiger charge is -2.30. The summed E-state index contributed by atoms with van der Waals surface area (Å²) in [7, 11) is 0. The van der Waals surface area contributed by atoms with E-state index in [1.165, 1.54) is 11.1 Å². The van der Waals surface area contributed by atoms with Crippen LogP contribution in [0, 0.1) is 6.92 Å². The van der Waals surface area contributed by atoms with Crippen LogP contribution in [-0.4, -0.2) is 5.97 Å². The molecule has 1 aliphatic heterocycles. The molecule has 25 heavy (non-hydrogen) atoms. The lowest BCUT2D eigenvalue weighted by Crippen LogP contribution is -2.29. The Hall–Kier alpha value is -2.87. The number of hydrogen-bond acceptors (Lipinski definition) is 2. The Morgan fingerprint density at radius 3 is 2.08 bits per heavy atom. The van der Waals surface area contributed by atoms with Crippen molar-refractivity contribution in [2.24, 2.45) is 0 Å². The highest BCUT2D eigenvalue weighted by Crippen LogP contribution is 2.46. The first-order valence-electron chi connectivity index (χ1n) is 8.64. The zero-order valence-corrected chi connectivity index (χ0v) is 14.5. The summed E-state index contributed by atoms with van der Waals surface area (Å²) in [6.45, 7) is 4.19. The van der Waals surface area contributed by atoms with Gasteiger partial charge in [0.05, 0.1) is 5.56 Å². The maximum absolute atomic E-state index is 12.6. The molecule has 0 aromatic heterocycles. The summed E-state index contributed by atoms with van der Waals surface area (Å²) in [4.78, 5) is 12.6. The summed E-state index contributed by atoms with van der Waals surface area (Å²) >= 11 is 0. The van der Waals surface area contributed by atoms with Gasteiger partial charge in [-0.25, -0.2) is 4.79 Å². The van der Waals surface area contributed by atoms with Gasteiger partial charge in [0.25, 0.3) is 0 Å². The Bertz CT molecular complexity index is 923. The van der Waals surface area contributed by atoms with Crippen LogP contribution in [0.5, 0.6) is 0 Å². The molecule has 0 bridgehead atoms. The van der Waals surface area contributed by atoms with Gasteiger partial charge in [0.2, 0.25) is 0 Å². The average molecular weight is 328 g/mol. The molecule has 0 aliphatic carbocycles. The van der Waals surface area contributed by atoms with E-state index in [2.05, 4.69) is 62.4 Å². The molecule has 1 aliphatic rings. The van der Waals surface area contributed by atoms with Crippen LogP contribution in [0.1, 0.15) is 45.1 Å². The van der Waals surface area contributed by atoms with E-state index in [1.54, 1.807) is 0 Å². The number of aryl methyl sites for hydroxylation is 2. The lowest BCUT2D eigenvalue weighted by molar-refractivity contribution is 0.0251. The number of benzene rings is 3. The maximum Gasteiger partial charge on any atom is 0.340 e. The number of carbonyl (C=O) groups excluding carboxylic acids is 1. The van der Waals surface area contributed by atoms with E-state index >= 15 is 0 Å². The van der Waals surface area contributed by atoms with Gasteiger partial charge in [-0.3, -0.25) is 0 Å². The van der Waals surface area contributed by atoms with E-state index in [0.29, 0.717) is 5.56 Å². The van der Waals surface area contributed by atoms with Gasteiger partial charge >= 0.3 is 5.97 Å². The van der Waals surface area contributed by atoms with E-state index in [9.17, 15) is 4.79 Å². The number of esters is 1. The number of carbonyl (C=O) groups is 1. The van der Waals surface area contributed by atoms with Gasteiger partial charge < -0.3 is 4.74 Å². The fraction of sp³-hybridized carbons (Fsp3) is 0.174. The van der Waals surface area contributed by atoms with Gasteiger partial charge in [-0.15, -0.1) is 0 Å². The lowest BCUT2D eigenvalue weighted by atomic mass is 9.79. The second-order valence-electron chi connectivity index (χ2n) is 6.53. The van der Waals surface area contributed by atoms with Crippen molar-refractivity contribution in [3.05, 3.63) is 106 Å². The Labute approximate surface area is 148 Å². The van der Waals surface area contributed by atoms with Crippen LogP contribution >= 0.6 is 0 Å². The number of rotatable bonds is 3. The topological polar surface area (TPSA) is 26.3 Å². The van der Waals surface area contributed by atoms with Crippen molar-refractivity contribution in [2.45, 2.75) is 25.9 Å². The molecule has 0 N–H and O–H groups in total. The van der Waals surface area contributed by atoms with Gasteiger partial charge in [0.15, 0.2) is 5.60 Å². The van der Waals surface area contributed by atoms with Crippen LogP contribution in [0.25, 0.3) is 0 Å². The Morgan fingerprint density at radius 2 is 1.44 bits per heavy atom. The minimum atomic E-state index is -0.881. The van der Waals surface area contributed by atoms with Crippen LogP contribution in [0.4, 0.5) is 0 Å². The van der Waals surface area contributed by atoms with Crippen molar-refractivity contribution in [1.29, 1.82) is 0 Å². The first-order chi connectivity index (χ1) is 12.1. The number of hydrogen-bond donors (Lipinski definition) is 0. The molecular formula is C23H20O2. The van der Waals surface area contributed by atoms with Crippen molar-refractivity contribution in [1.82, 2.24) is 0 Å². The molecule has 0 radical (unpaired) electrons. The molecular weight excluding hydrogens is 308 g/mol. The fourth-order valence-corrected chi connectivity index (χ4v) is 3.58. The smallest absolute Gasteiger partial charge is 0.340 e. The second kappa shape index (κ2) is 5.89. The molecule has 2 nitrogen and oxygen atoms in total. The number of cyclic esters (lactones) is 1. The third-order valence-electron chi connectivity index (χ3n) is 5.00. The third-order valence-corrected chi connectivity index (χ3v) is 5.00. The minimum absolute atomic E-state index is 0.268. The molecule has 1 unspecified atom stereocenters. The summed E-state index contributed by atoms with van der Waals surface area (Å²) < 4.78 is 6.07. The summed E-state index contributed by atoms with van der Waals surface area (Å²) in [5.41, 5.74) is 5.06. The summed E-state index contributed by atoms with van der Waals surface area (Å²) in [5.74, 6) is -0.268. The van der Waals surface area contributed by atoms with Crippen LogP contribution in [-0.2, 0) is 16.8 Å². The second-order valence-corrected chi connectivity index (χ2v) is 6.53. The Balaban J connectivity index is 1.99. The molecule has 1 atom stereocenters. The minimum Gasteiger partial charge on any atom is -0.441 e. The first-order valence-corrected chi connectivity index (χ1v) is 8.64. The monoisotopic (exact) mass is 328 g/mol. The van der Waals surface area contributed by atoms with Crippen molar-refractivity contribution >= 4 is 5.97 Å². The average Bonchev–Trinajstić information content (AvgIpc) is 2.96. The van der Waals surface area contributed by atoms with Crippen molar-refractivity contribution in [3.8, 4) is 0 Å². The molecule has 0 fully saturated rings. The fourth-order valence-electron chi connectivity index (χ4n) is 3.58. The zero-order valence-electron chi connectivity index (χ0n) is 14.5. The van der Waals surface area contributed by atoms with Crippen molar-refractivity contribution < 1.29 is 9.53 Å². The van der Waals surface area contributed by atoms with E-state index in [-0.39, 0.29) is 5.97 Å². The zero-order chi connectivity index (χ0) is 17.4. The molecule has 124 valence electrons. The Kier molecular flexibility index (Phi) is 3.69. The van der Waals surface area contributed by atoms with Crippen LogP contribution < -0.4 is 0 Å². The standard InChI is InChI=1S/C23H20O2/c1-3-17-10-14-19(15-11-17)23(18-12-8-16(2)9-13-18)21-7-5-4-6-20(21)22(24)25-23/h4-15H,3H2,1-2H3. The van der Waals surface area contributed by atoms with Gasteiger partial charge in [-0.05, 0) is 25.0 Å². The molecule has 0 saturated carbocycles. The molecule has 0 spiro atoms. The molecule has 4 rings (SSSR count). The van der Waals surface area contributed by atoms with Crippen LogP contribution in [0.15, 0.2) is 72.8 Å². The summed E-state index contributed by atoms with van der Waals surface area (Å²) in [6, 6.07) is 24.3. The predicted octanol–water partition coefficient (Wildman–Crippen LogP) is 5.02. The van der Waals surface area contributed by atoms with Crippen molar-refractivity contribution in [3.63, 3.8) is 0 Å². The van der Waals surface area contributed by atoms with Crippen LogP contribution in [0.2, 0.25) is 0 Å². The third kappa shape index (κ3) is 2.37. The van der Waals surface area contributed by atoms with Crippen LogP contribution in [0.3, 0.4) is 0 Å². The molecule has 3 aromatic rings. The molecule has 2 heteroatoms. The molecule has 0 saturated heterocycles. The van der Waals surface area contributed by atoms with E-state index in [1.807, 2.05) is 24.3 Å².